The topological polar surface area (TPSA) is 154 Å². The number of carbonyl (C=O) groups is 1. The second-order valence-electron chi connectivity index (χ2n) is 6.50. The first-order valence-corrected chi connectivity index (χ1v) is 9.07. The highest BCUT2D eigenvalue weighted by molar-refractivity contribution is 6.11. The molecule has 0 fully saturated rings. The van der Waals surface area contributed by atoms with Gasteiger partial charge in [0, 0.05) is 29.7 Å². The Morgan fingerprint density at radius 1 is 1.29 bits per heavy atom. The summed E-state index contributed by atoms with van der Waals surface area (Å²) in [6.07, 6.45) is 7.40. The summed E-state index contributed by atoms with van der Waals surface area (Å²) in [5.41, 5.74) is 10.8. The zero-order valence-electron chi connectivity index (χ0n) is 16.3. The summed E-state index contributed by atoms with van der Waals surface area (Å²) in [6.45, 7) is 1.81. The number of fused-ring (bicyclic) bond motifs is 1. The van der Waals surface area contributed by atoms with Crippen LogP contribution < -0.4 is 11.2 Å². The molecule has 0 radical (unpaired) electrons. The van der Waals surface area contributed by atoms with Gasteiger partial charge < -0.3 is 10.1 Å². The van der Waals surface area contributed by atoms with Gasteiger partial charge in [0.05, 0.1) is 22.3 Å². The summed E-state index contributed by atoms with van der Waals surface area (Å²) in [5.74, 6) is -0.421. The maximum absolute atomic E-state index is 13.1. The molecule has 4 aromatic heterocycles. The standard InChI is InChI=1S/C20H16N8O3/c1-12-14(10-24-26-19-16(28(30)31)11-23-20(21)25-19)15-4-2-3-9-27(15)17(12)18(29)13-5-7-22-8-6-13/h2-11H,1H3,(H3,21,23,25,26). The molecule has 0 aliphatic carbocycles. The summed E-state index contributed by atoms with van der Waals surface area (Å²) in [6, 6.07) is 8.82. The minimum absolute atomic E-state index is 0.126. The summed E-state index contributed by atoms with van der Waals surface area (Å²) in [5, 5.41) is 15.2. The molecule has 0 saturated carbocycles. The van der Waals surface area contributed by atoms with Crippen LogP contribution in [0.15, 0.2) is 60.2 Å². The first-order valence-electron chi connectivity index (χ1n) is 9.07. The van der Waals surface area contributed by atoms with Gasteiger partial charge in [-0.15, -0.1) is 0 Å². The Kier molecular flexibility index (Phi) is 5.06. The molecule has 154 valence electrons. The number of carbonyl (C=O) groups excluding carboxylic acids is 1. The van der Waals surface area contributed by atoms with Gasteiger partial charge in [-0.05, 0) is 36.8 Å². The maximum atomic E-state index is 13.1. The minimum Gasteiger partial charge on any atom is -0.368 e. The first-order chi connectivity index (χ1) is 15.0. The number of hydrogen-bond acceptors (Lipinski definition) is 9. The molecule has 31 heavy (non-hydrogen) atoms. The molecule has 0 spiro atoms. The van der Waals surface area contributed by atoms with Crippen LogP contribution in [-0.4, -0.2) is 36.3 Å². The van der Waals surface area contributed by atoms with Gasteiger partial charge in [-0.3, -0.25) is 25.3 Å². The van der Waals surface area contributed by atoms with Crippen molar-refractivity contribution >= 4 is 35.0 Å². The van der Waals surface area contributed by atoms with Crippen molar-refractivity contribution in [3.8, 4) is 0 Å². The van der Waals surface area contributed by atoms with E-state index in [0.29, 0.717) is 22.4 Å². The van der Waals surface area contributed by atoms with E-state index in [-0.39, 0.29) is 23.2 Å². The second-order valence-corrected chi connectivity index (χ2v) is 6.50. The van der Waals surface area contributed by atoms with Crippen LogP contribution in [0.2, 0.25) is 0 Å². The number of nitrogens with zero attached hydrogens (tertiary/aromatic N) is 6. The van der Waals surface area contributed by atoms with E-state index in [0.717, 1.165) is 11.7 Å². The highest BCUT2D eigenvalue weighted by Crippen LogP contribution is 2.25. The Bertz CT molecular complexity index is 1330. The van der Waals surface area contributed by atoms with Crippen LogP contribution in [0, 0.1) is 17.0 Å². The fourth-order valence-electron chi connectivity index (χ4n) is 3.20. The number of hydrogen-bond donors (Lipinski definition) is 2. The molecule has 11 heteroatoms. The van der Waals surface area contributed by atoms with Crippen LogP contribution in [0.4, 0.5) is 17.5 Å². The molecule has 4 heterocycles. The lowest BCUT2D eigenvalue weighted by Crippen LogP contribution is -2.07. The minimum atomic E-state index is -0.637. The fraction of sp³-hybridized carbons (Fsp3) is 0.0500. The van der Waals surface area contributed by atoms with Gasteiger partial charge in [0.1, 0.15) is 6.20 Å². The molecule has 0 amide bonds. The summed E-state index contributed by atoms with van der Waals surface area (Å²) >= 11 is 0. The molecular weight excluding hydrogens is 400 g/mol. The largest absolute Gasteiger partial charge is 0.368 e. The van der Waals surface area contributed by atoms with Gasteiger partial charge in [0.25, 0.3) is 0 Å². The van der Waals surface area contributed by atoms with E-state index in [1.807, 2.05) is 25.1 Å². The summed E-state index contributed by atoms with van der Waals surface area (Å²) in [7, 11) is 0. The smallest absolute Gasteiger partial charge is 0.331 e. The van der Waals surface area contributed by atoms with Gasteiger partial charge >= 0.3 is 5.69 Å². The van der Waals surface area contributed by atoms with Crippen molar-refractivity contribution in [3.05, 3.63) is 87.6 Å². The number of aromatic nitrogens is 4. The molecular formula is C20H16N8O3. The molecule has 0 aliphatic heterocycles. The van der Waals surface area contributed by atoms with Crippen molar-refractivity contribution < 1.29 is 9.72 Å². The molecule has 0 atom stereocenters. The molecule has 11 nitrogen and oxygen atoms in total. The third kappa shape index (κ3) is 3.67. The lowest BCUT2D eigenvalue weighted by Gasteiger charge is -2.03. The van der Waals surface area contributed by atoms with Crippen molar-refractivity contribution in [2.45, 2.75) is 6.92 Å². The monoisotopic (exact) mass is 416 g/mol. The van der Waals surface area contributed by atoms with Crippen LogP contribution in [-0.2, 0) is 0 Å². The summed E-state index contributed by atoms with van der Waals surface area (Å²) in [4.78, 5) is 35.0. The second kappa shape index (κ2) is 7.99. The number of hydrazone groups is 1. The molecule has 0 aromatic carbocycles. The number of rotatable bonds is 6. The predicted molar refractivity (Wildman–Crippen MR) is 114 cm³/mol. The van der Waals surface area contributed by atoms with Gasteiger partial charge in [0.2, 0.25) is 17.5 Å². The van der Waals surface area contributed by atoms with Crippen molar-refractivity contribution in [1.82, 2.24) is 19.4 Å². The number of nitrogens with one attached hydrogen (secondary N) is 1. The quantitative estimate of drug-likeness (QED) is 0.210. The third-order valence-electron chi connectivity index (χ3n) is 4.64. The molecule has 3 N–H and O–H groups in total. The average molecular weight is 416 g/mol. The van der Waals surface area contributed by atoms with E-state index < -0.39 is 4.92 Å². The van der Waals surface area contributed by atoms with Crippen LogP contribution in [0.1, 0.15) is 27.2 Å². The van der Waals surface area contributed by atoms with Gasteiger partial charge in [-0.25, -0.2) is 4.98 Å². The van der Waals surface area contributed by atoms with Crippen molar-refractivity contribution in [2.75, 3.05) is 11.2 Å². The van der Waals surface area contributed by atoms with E-state index in [9.17, 15) is 14.9 Å². The molecule has 4 rings (SSSR count). The van der Waals surface area contributed by atoms with Crippen LogP contribution in [0.25, 0.3) is 5.52 Å². The van der Waals surface area contributed by atoms with Crippen molar-refractivity contribution in [3.63, 3.8) is 0 Å². The number of pyridine rings is 2. The van der Waals surface area contributed by atoms with E-state index in [1.165, 1.54) is 6.21 Å². The summed E-state index contributed by atoms with van der Waals surface area (Å²) < 4.78 is 1.78. The Hall–Kier alpha value is -4.67. The van der Waals surface area contributed by atoms with Crippen LogP contribution in [0.3, 0.4) is 0 Å². The molecule has 4 aromatic rings. The average Bonchev–Trinajstić information content (AvgIpc) is 3.05. The Balaban J connectivity index is 1.75. The zero-order chi connectivity index (χ0) is 22.0. The Morgan fingerprint density at radius 2 is 2.06 bits per heavy atom. The molecule has 0 saturated heterocycles. The number of nitro groups is 1. The normalized spacial score (nSPS) is 11.1. The Morgan fingerprint density at radius 3 is 2.81 bits per heavy atom. The van der Waals surface area contributed by atoms with Gasteiger partial charge in [-0.1, -0.05) is 6.07 Å². The van der Waals surface area contributed by atoms with E-state index in [2.05, 4.69) is 25.5 Å². The lowest BCUT2D eigenvalue weighted by molar-refractivity contribution is -0.384. The molecule has 0 unspecified atom stereocenters. The van der Waals surface area contributed by atoms with Crippen LogP contribution in [0.5, 0.6) is 0 Å². The highest BCUT2D eigenvalue weighted by atomic mass is 16.6. The number of nitrogens with two attached hydrogens (primary N) is 1. The number of nitrogen functional groups attached to an aromatic ring is 1. The molecule has 0 bridgehead atoms. The Labute approximate surface area is 175 Å². The van der Waals surface area contributed by atoms with Crippen molar-refractivity contribution in [2.24, 2.45) is 5.10 Å². The maximum Gasteiger partial charge on any atom is 0.331 e. The van der Waals surface area contributed by atoms with Gasteiger partial charge in [0.15, 0.2) is 0 Å². The molecule has 0 aliphatic rings. The first kappa shape index (κ1) is 19.6. The highest BCUT2D eigenvalue weighted by Gasteiger charge is 2.21. The number of ketones is 1. The van der Waals surface area contributed by atoms with Crippen LogP contribution >= 0.6 is 0 Å². The predicted octanol–water partition coefficient (Wildman–Crippen LogP) is 2.60. The van der Waals surface area contributed by atoms with Gasteiger partial charge in [-0.2, -0.15) is 10.1 Å². The SMILES string of the molecule is Cc1c(C=NNc2nc(N)ncc2[N+](=O)[O-])c2ccccn2c1C(=O)c1ccncc1. The van der Waals surface area contributed by atoms with E-state index >= 15 is 0 Å². The zero-order valence-corrected chi connectivity index (χ0v) is 16.3. The lowest BCUT2D eigenvalue weighted by atomic mass is 10.1. The number of anilines is 2. The fourth-order valence-corrected chi connectivity index (χ4v) is 3.20. The van der Waals surface area contributed by atoms with E-state index in [1.54, 1.807) is 35.1 Å². The third-order valence-corrected chi connectivity index (χ3v) is 4.64. The van der Waals surface area contributed by atoms with Crippen molar-refractivity contribution in [1.29, 1.82) is 0 Å². The van der Waals surface area contributed by atoms with E-state index in [4.69, 9.17) is 5.73 Å².